The van der Waals surface area contributed by atoms with Gasteiger partial charge in [-0.25, -0.2) is 0 Å². The molecule has 0 atom stereocenters. The molecule has 5 aliphatic rings. The van der Waals surface area contributed by atoms with Crippen LogP contribution >= 0.6 is 11.8 Å². The van der Waals surface area contributed by atoms with Crippen LogP contribution in [0.15, 0.2) is 18.2 Å². The van der Waals surface area contributed by atoms with E-state index in [1.165, 1.54) is 38.5 Å². The second kappa shape index (κ2) is 5.35. The van der Waals surface area contributed by atoms with Crippen LogP contribution in [0.2, 0.25) is 0 Å². The molecular weight excluding hydrogens is 318 g/mol. The molecule has 1 aromatic rings. The van der Waals surface area contributed by atoms with E-state index in [0.717, 1.165) is 34.6 Å². The molecule has 1 amide bonds. The van der Waals surface area contributed by atoms with Crippen molar-refractivity contribution in [2.45, 2.75) is 49.7 Å². The van der Waals surface area contributed by atoms with Crippen molar-refractivity contribution >= 4 is 29.1 Å². The number of fused-ring (bicyclic) bond motifs is 1. The first-order chi connectivity index (χ1) is 11.6. The first kappa shape index (κ1) is 15.0. The summed E-state index contributed by atoms with van der Waals surface area (Å²) in [6.45, 7) is 0. The van der Waals surface area contributed by atoms with Crippen molar-refractivity contribution in [1.82, 2.24) is 0 Å². The summed E-state index contributed by atoms with van der Waals surface area (Å²) in [6.07, 6.45) is 8.73. The predicted molar refractivity (Wildman–Crippen MR) is 96.5 cm³/mol. The van der Waals surface area contributed by atoms with Crippen molar-refractivity contribution in [1.29, 1.82) is 0 Å². The molecule has 4 heteroatoms. The van der Waals surface area contributed by atoms with E-state index >= 15 is 0 Å². The molecule has 4 aliphatic carbocycles. The fraction of sp³-hybridized carbons (Fsp3) is 0.600. The average molecular weight is 341 g/mol. The maximum atomic E-state index is 12.7. The van der Waals surface area contributed by atoms with Crippen molar-refractivity contribution in [3.8, 4) is 0 Å². The Labute approximate surface area is 147 Å². The Morgan fingerprint density at radius 3 is 2.46 bits per heavy atom. The lowest BCUT2D eigenvalue weighted by Crippen LogP contribution is -2.48. The molecule has 4 bridgehead atoms. The molecule has 0 radical (unpaired) electrons. The number of ketones is 1. The monoisotopic (exact) mass is 341 g/mol. The molecule has 1 N–H and O–H groups in total. The molecule has 1 aliphatic heterocycles. The van der Waals surface area contributed by atoms with Gasteiger partial charge in [0.05, 0.1) is 12.2 Å². The number of benzene rings is 1. The highest BCUT2D eigenvalue weighted by Crippen LogP contribution is 2.60. The Morgan fingerprint density at radius 1 is 1.12 bits per heavy atom. The largest absolute Gasteiger partial charge is 0.326 e. The maximum Gasteiger partial charge on any atom is 0.228 e. The number of hydrogen-bond acceptors (Lipinski definition) is 3. The third kappa shape index (κ3) is 2.50. The Morgan fingerprint density at radius 2 is 1.79 bits per heavy atom. The van der Waals surface area contributed by atoms with E-state index < -0.39 is 0 Å². The van der Waals surface area contributed by atoms with E-state index in [0.29, 0.717) is 16.9 Å². The van der Waals surface area contributed by atoms with Crippen molar-refractivity contribution < 1.29 is 9.59 Å². The maximum absolute atomic E-state index is 12.7. The number of carbonyl (C=O) groups is 2. The summed E-state index contributed by atoms with van der Waals surface area (Å²) in [5, 5.41) is 2.83. The quantitative estimate of drug-likeness (QED) is 0.840. The van der Waals surface area contributed by atoms with Gasteiger partial charge in [0.25, 0.3) is 0 Å². The number of rotatable bonds is 4. The van der Waals surface area contributed by atoms with Gasteiger partial charge in [-0.2, -0.15) is 0 Å². The van der Waals surface area contributed by atoms with Gasteiger partial charge in [-0.1, -0.05) is 0 Å². The summed E-state index contributed by atoms with van der Waals surface area (Å²) in [6, 6.07) is 5.66. The van der Waals surface area contributed by atoms with Gasteiger partial charge in [-0.05, 0) is 80.0 Å². The van der Waals surface area contributed by atoms with Gasteiger partial charge in [-0.3, -0.25) is 9.59 Å². The molecule has 3 nitrogen and oxygen atoms in total. The molecule has 24 heavy (non-hydrogen) atoms. The first-order valence-electron chi connectivity index (χ1n) is 9.18. The Kier molecular flexibility index (Phi) is 3.35. The zero-order valence-electron chi connectivity index (χ0n) is 13.8. The summed E-state index contributed by atoms with van der Waals surface area (Å²) in [5.41, 5.74) is 2.60. The molecule has 1 heterocycles. The number of hydrogen-bond donors (Lipinski definition) is 1. The summed E-state index contributed by atoms with van der Waals surface area (Å²) in [5.74, 6) is 3.62. The number of anilines is 1. The Hall–Kier alpha value is -1.29. The second-order valence-corrected chi connectivity index (χ2v) is 9.85. The fourth-order valence-corrected chi connectivity index (χ4v) is 7.58. The third-order valence-electron chi connectivity index (χ3n) is 6.54. The van der Waals surface area contributed by atoms with Gasteiger partial charge in [0.2, 0.25) is 5.91 Å². The molecule has 4 saturated carbocycles. The normalized spacial score (nSPS) is 35.8. The van der Waals surface area contributed by atoms with Gasteiger partial charge < -0.3 is 5.32 Å². The zero-order valence-corrected chi connectivity index (χ0v) is 14.7. The number of Topliss-reactive ketones (excluding diaryl/α,β-unsaturated/α-hetero) is 1. The van der Waals surface area contributed by atoms with Crippen LogP contribution in [0.4, 0.5) is 5.69 Å². The number of thioether (sulfide) groups is 1. The lowest BCUT2D eigenvalue weighted by molar-refractivity contribution is -0.115. The van der Waals surface area contributed by atoms with Crippen molar-refractivity contribution in [2.24, 2.45) is 17.8 Å². The highest BCUT2D eigenvalue weighted by atomic mass is 32.2. The highest BCUT2D eigenvalue weighted by molar-refractivity contribution is 8.01. The molecule has 0 spiro atoms. The van der Waals surface area contributed by atoms with Crippen molar-refractivity contribution in [3.05, 3.63) is 29.3 Å². The molecule has 0 saturated heterocycles. The van der Waals surface area contributed by atoms with Crippen molar-refractivity contribution in [3.63, 3.8) is 0 Å². The van der Waals surface area contributed by atoms with Crippen LogP contribution in [-0.4, -0.2) is 22.2 Å². The summed E-state index contributed by atoms with van der Waals surface area (Å²) in [7, 11) is 0. The minimum atomic E-state index is 0.0255. The SMILES string of the molecule is O=C1Cc2cc(C(=O)CSC34CC5CC(CC(C5)C3)C4)ccc2N1. The molecule has 1 aromatic carbocycles. The van der Waals surface area contributed by atoms with Gasteiger partial charge in [-0.15, -0.1) is 11.8 Å². The predicted octanol–water partition coefficient (Wildman–Crippen LogP) is 4.07. The van der Waals surface area contributed by atoms with Crippen LogP contribution in [0.3, 0.4) is 0 Å². The molecule has 0 aromatic heterocycles. The minimum absolute atomic E-state index is 0.0255. The van der Waals surface area contributed by atoms with E-state index in [-0.39, 0.29) is 11.7 Å². The number of amides is 1. The van der Waals surface area contributed by atoms with Crippen LogP contribution in [-0.2, 0) is 11.2 Å². The fourth-order valence-electron chi connectivity index (χ4n) is 5.91. The smallest absolute Gasteiger partial charge is 0.228 e. The lowest BCUT2D eigenvalue weighted by atomic mass is 9.56. The van der Waals surface area contributed by atoms with E-state index in [9.17, 15) is 9.59 Å². The minimum Gasteiger partial charge on any atom is -0.326 e. The van der Waals surface area contributed by atoms with E-state index in [1.807, 2.05) is 30.0 Å². The van der Waals surface area contributed by atoms with Crippen LogP contribution < -0.4 is 5.32 Å². The Balaban J connectivity index is 1.28. The first-order valence-corrected chi connectivity index (χ1v) is 10.2. The van der Waals surface area contributed by atoms with E-state index in [2.05, 4.69) is 5.32 Å². The zero-order chi connectivity index (χ0) is 16.3. The number of carbonyl (C=O) groups excluding carboxylic acids is 2. The number of nitrogens with one attached hydrogen (secondary N) is 1. The summed E-state index contributed by atoms with van der Waals surface area (Å²) >= 11 is 1.94. The van der Waals surface area contributed by atoms with Gasteiger partial charge in [0, 0.05) is 16.0 Å². The van der Waals surface area contributed by atoms with Gasteiger partial charge >= 0.3 is 0 Å². The topological polar surface area (TPSA) is 46.2 Å². The van der Waals surface area contributed by atoms with Gasteiger partial charge in [0.15, 0.2) is 5.78 Å². The average Bonchev–Trinajstić information content (AvgIpc) is 2.90. The van der Waals surface area contributed by atoms with Crippen LogP contribution in [0.5, 0.6) is 0 Å². The molecule has 126 valence electrons. The lowest BCUT2D eigenvalue weighted by Gasteiger charge is -2.56. The molecule has 4 fully saturated rings. The van der Waals surface area contributed by atoms with Crippen LogP contribution in [0.25, 0.3) is 0 Å². The third-order valence-corrected chi connectivity index (χ3v) is 8.06. The molecule has 6 rings (SSSR count). The van der Waals surface area contributed by atoms with E-state index in [1.54, 1.807) is 0 Å². The molecule has 0 unspecified atom stereocenters. The second-order valence-electron chi connectivity index (χ2n) is 8.41. The standard InChI is InChI=1S/C20H23NO2S/c22-18(15-1-2-17-16(6-15)7-19(23)21-17)11-24-20-8-12-3-13(9-20)5-14(4-12)10-20/h1-2,6,12-14H,3-5,7-11H2,(H,21,23). The van der Waals surface area contributed by atoms with E-state index in [4.69, 9.17) is 0 Å². The summed E-state index contributed by atoms with van der Waals surface area (Å²) in [4.78, 5) is 24.2. The van der Waals surface area contributed by atoms with Crippen molar-refractivity contribution in [2.75, 3.05) is 11.1 Å². The Bertz CT molecular complexity index is 691. The van der Waals surface area contributed by atoms with Gasteiger partial charge in [0.1, 0.15) is 0 Å². The van der Waals surface area contributed by atoms with Crippen LogP contribution in [0.1, 0.15) is 54.4 Å². The highest BCUT2D eigenvalue weighted by Gasteiger charge is 2.51. The molecular formula is C20H23NO2S. The summed E-state index contributed by atoms with van der Waals surface area (Å²) < 4.78 is 0.388. The van der Waals surface area contributed by atoms with Crippen LogP contribution in [0, 0.1) is 17.8 Å².